The van der Waals surface area contributed by atoms with E-state index in [0.29, 0.717) is 18.8 Å². The number of anilines is 1. The summed E-state index contributed by atoms with van der Waals surface area (Å²) >= 11 is 0. The van der Waals surface area contributed by atoms with E-state index < -0.39 is 5.92 Å². The van der Waals surface area contributed by atoms with Crippen molar-refractivity contribution in [2.24, 2.45) is 0 Å². The van der Waals surface area contributed by atoms with Crippen molar-refractivity contribution in [3.63, 3.8) is 0 Å². The normalized spacial score (nSPS) is 18.7. The molecule has 0 saturated carbocycles. The van der Waals surface area contributed by atoms with Gasteiger partial charge >= 0.3 is 0 Å². The van der Waals surface area contributed by atoms with Crippen molar-refractivity contribution < 1.29 is 18.3 Å². The molecule has 1 aliphatic heterocycles. The van der Waals surface area contributed by atoms with Crippen molar-refractivity contribution in [3.05, 3.63) is 18.5 Å². The molecule has 0 radical (unpaired) electrons. The van der Waals surface area contributed by atoms with Crippen LogP contribution in [0.1, 0.15) is 12.8 Å². The van der Waals surface area contributed by atoms with E-state index in [1.54, 1.807) is 18.5 Å². The van der Waals surface area contributed by atoms with Crippen molar-refractivity contribution >= 4 is 5.69 Å². The number of nitrogens with zero attached hydrogens (tertiary/aromatic N) is 2. The molecule has 18 heavy (non-hydrogen) atoms. The maximum absolute atomic E-state index is 13.1. The quantitative estimate of drug-likeness (QED) is 0.776. The summed E-state index contributed by atoms with van der Waals surface area (Å²) in [6.45, 7) is 0.814. The summed E-state index contributed by atoms with van der Waals surface area (Å²) in [6.07, 6.45) is 3.00. The molecule has 0 spiro atoms. The Labute approximate surface area is 105 Å². The van der Waals surface area contributed by atoms with Gasteiger partial charge in [-0.3, -0.25) is 4.98 Å². The highest BCUT2D eigenvalue weighted by Gasteiger charge is 2.34. The summed E-state index contributed by atoms with van der Waals surface area (Å²) in [7, 11) is 1.53. The number of hydrogen-bond donors (Lipinski definition) is 0. The topological polar surface area (TPSA) is 34.6 Å². The van der Waals surface area contributed by atoms with E-state index in [0.717, 1.165) is 5.69 Å². The van der Waals surface area contributed by atoms with E-state index in [1.165, 1.54) is 7.11 Å². The zero-order chi connectivity index (χ0) is 13.0. The maximum Gasteiger partial charge on any atom is 0.251 e. The monoisotopic (exact) mass is 258 g/mol. The number of methoxy groups -OCH3 is 1. The van der Waals surface area contributed by atoms with Gasteiger partial charge in [0.05, 0.1) is 18.1 Å². The Morgan fingerprint density at radius 3 is 2.72 bits per heavy atom. The van der Waals surface area contributed by atoms with Crippen molar-refractivity contribution in [1.82, 2.24) is 4.98 Å². The summed E-state index contributed by atoms with van der Waals surface area (Å²) in [5.74, 6) is -1.96. The Hall–Kier alpha value is -1.43. The van der Waals surface area contributed by atoms with Gasteiger partial charge in [-0.2, -0.15) is 0 Å². The van der Waals surface area contributed by atoms with Gasteiger partial charge in [0, 0.05) is 39.1 Å². The molecule has 1 saturated heterocycles. The molecule has 0 bridgehead atoms. The van der Waals surface area contributed by atoms with E-state index in [2.05, 4.69) is 4.98 Å². The third kappa shape index (κ3) is 3.29. The minimum absolute atomic E-state index is 0.115. The predicted molar refractivity (Wildman–Crippen MR) is 63.1 cm³/mol. The molecule has 0 N–H and O–H groups in total. The molecule has 1 fully saturated rings. The lowest BCUT2D eigenvalue weighted by Crippen LogP contribution is -2.39. The van der Waals surface area contributed by atoms with Crippen molar-refractivity contribution in [2.45, 2.75) is 18.8 Å². The third-order valence-electron chi connectivity index (χ3n) is 2.90. The number of hydrogen-bond acceptors (Lipinski definition) is 4. The van der Waals surface area contributed by atoms with Crippen LogP contribution in [0.5, 0.6) is 5.75 Å². The standard InChI is InChI=1S/C12H16F2N2O2/c1-17-9-18-11-6-10(7-15-8-11)16-4-2-12(13,14)3-5-16/h6-8H,2-5,9H2,1H3. The third-order valence-corrected chi connectivity index (χ3v) is 2.90. The molecule has 2 heterocycles. The average molecular weight is 258 g/mol. The second-order valence-corrected chi connectivity index (χ2v) is 4.27. The Kier molecular flexibility index (Phi) is 3.96. The van der Waals surface area contributed by atoms with E-state index in [-0.39, 0.29) is 19.6 Å². The summed E-state index contributed by atoms with van der Waals surface area (Å²) in [5.41, 5.74) is 0.805. The number of rotatable bonds is 4. The average Bonchev–Trinajstić information content (AvgIpc) is 2.37. The van der Waals surface area contributed by atoms with Gasteiger partial charge in [0.1, 0.15) is 5.75 Å². The van der Waals surface area contributed by atoms with Crippen LogP contribution >= 0.6 is 0 Å². The Bertz CT molecular complexity index is 391. The molecule has 1 aliphatic rings. The van der Waals surface area contributed by atoms with Crippen LogP contribution in [-0.4, -0.2) is 37.9 Å². The molecule has 6 heteroatoms. The van der Waals surface area contributed by atoms with E-state index in [9.17, 15) is 8.78 Å². The molecule has 4 nitrogen and oxygen atoms in total. The number of alkyl halides is 2. The highest BCUT2D eigenvalue weighted by atomic mass is 19.3. The molecule has 0 amide bonds. The molecule has 0 aromatic carbocycles. The second-order valence-electron chi connectivity index (χ2n) is 4.27. The predicted octanol–water partition coefficient (Wildman–Crippen LogP) is 2.30. The first kappa shape index (κ1) is 13.0. The van der Waals surface area contributed by atoms with Crippen LogP contribution in [0.25, 0.3) is 0 Å². The van der Waals surface area contributed by atoms with Crippen molar-refractivity contribution in [1.29, 1.82) is 0 Å². The van der Waals surface area contributed by atoms with Gasteiger partial charge in [-0.1, -0.05) is 0 Å². The van der Waals surface area contributed by atoms with Gasteiger partial charge in [-0.05, 0) is 0 Å². The number of aromatic nitrogens is 1. The smallest absolute Gasteiger partial charge is 0.251 e. The summed E-state index contributed by atoms with van der Waals surface area (Å²) < 4.78 is 36.2. The minimum Gasteiger partial charge on any atom is -0.466 e. The molecule has 0 aliphatic carbocycles. The fraction of sp³-hybridized carbons (Fsp3) is 0.583. The molecule has 0 atom stereocenters. The van der Waals surface area contributed by atoms with E-state index in [1.807, 2.05) is 4.90 Å². The van der Waals surface area contributed by atoms with Gasteiger partial charge in [-0.25, -0.2) is 8.78 Å². The van der Waals surface area contributed by atoms with Crippen LogP contribution in [0.15, 0.2) is 18.5 Å². The maximum atomic E-state index is 13.1. The molecular weight excluding hydrogens is 242 g/mol. The van der Waals surface area contributed by atoms with E-state index >= 15 is 0 Å². The zero-order valence-corrected chi connectivity index (χ0v) is 10.2. The number of pyridine rings is 1. The first-order valence-electron chi connectivity index (χ1n) is 5.80. The van der Waals surface area contributed by atoms with Gasteiger partial charge in [-0.15, -0.1) is 0 Å². The second kappa shape index (κ2) is 5.48. The van der Waals surface area contributed by atoms with Crippen LogP contribution < -0.4 is 9.64 Å². The fourth-order valence-corrected chi connectivity index (χ4v) is 1.88. The molecular formula is C12H16F2N2O2. The van der Waals surface area contributed by atoms with Gasteiger partial charge in [0.15, 0.2) is 6.79 Å². The van der Waals surface area contributed by atoms with Crippen LogP contribution in [0.2, 0.25) is 0 Å². The molecule has 1 aromatic rings. The Morgan fingerprint density at radius 1 is 1.33 bits per heavy atom. The lowest BCUT2D eigenvalue weighted by atomic mass is 10.1. The first-order valence-corrected chi connectivity index (χ1v) is 5.80. The minimum atomic E-state index is -2.53. The van der Waals surface area contributed by atoms with Gasteiger partial charge in [0.2, 0.25) is 0 Å². The van der Waals surface area contributed by atoms with Gasteiger partial charge in [0.25, 0.3) is 5.92 Å². The zero-order valence-electron chi connectivity index (χ0n) is 10.2. The van der Waals surface area contributed by atoms with E-state index in [4.69, 9.17) is 9.47 Å². The van der Waals surface area contributed by atoms with Crippen molar-refractivity contribution in [3.8, 4) is 5.75 Å². The largest absolute Gasteiger partial charge is 0.466 e. The Balaban J connectivity index is 2.00. The number of halogens is 2. The highest BCUT2D eigenvalue weighted by molar-refractivity contribution is 5.48. The van der Waals surface area contributed by atoms with Crippen molar-refractivity contribution in [2.75, 3.05) is 31.9 Å². The SMILES string of the molecule is COCOc1cncc(N2CCC(F)(F)CC2)c1. The lowest BCUT2D eigenvalue weighted by Gasteiger charge is -2.33. The molecule has 100 valence electrons. The van der Waals surface area contributed by atoms with Crippen LogP contribution in [0.4, 0.5) is 14.5 Å². The molecule has 1 aromatic heterocycles. The first-order chi connectivity index (χ1) is 8.61. The van der Waals surface area contributed by atoms with Crippen LogP contribution in [0, 0.1) is 0 Å². The molecule has 0 unspecified atom stereocenters. The summed E-state index contributed by atoms with van der Waals surface area (Å²) in [5, 5.41) is 0. The van der Waals surface area contributed by atoms with Crippen LogP contribution in [0.3, 0.4) is 0 Å². The number of piperidine rings is 1. The molecule has 2 rings (SSSR count). The Morgan fingerprint density at radius 2 is 2.06 bits per heavy atom. The number of ether oxygens (including phenoxy) is 2. The highest BCUT2D eigenvalue weighted by Crippen LogP contribution is 2.31. The summed E-state index contributed by atoms with van der Waals surface area (Å²) in [6, 6.07) is 1.79. The lowest BCUT2D eigenvalue weighted by molar-refractivity contribution is -0.0220. The van der Waals surface area contributed by atoms with Gasteiger partial charge < -0.3 is 14.4 Å². The summed E-state index contributed by atoms with van der Waals surface area (Å²) in [4.78, 5) is 5.93. The van der Waals surface area contributed by atoms with Crippen LogP contribution in [-0.2, 0) is 4.74 Å². The fourth-order valence-electron chi connectivity index (χ4n) is 1.88.